The Bertz CT molecular complexity index is 476. The van der Waals surface area contributed by atoms with Crippen LogP contribution in [0.15, 0.2) is 24.3 Å². The van der Waals surface area contributed by atoms with Gasteiger partial charge in [-0.2, -0.15) is 0 Å². The molecule has 0 bridgehead atoms. The van der Waals surface area contributed by atoms with Gasteiger partial charge in [-0.05, 0) is 36.5 Å². The number of alkyl halides is 1. The van der Waals surface area contributed by atoms with E-state index in [-0.39, 0.29) is 17.9 Å². The highest BCUT2D eigenvalue weighted by atomic mass is 35.5. The predicted molar refractivity (Wildman–Crippen MR) is 82.7 cm³/mol. The highest BCUT2D eigenvalue weighted by Gasteiger charge is 2.33. The van der Waals surface area contributed by atoms with Crippen LogP contribution in [0.4, 0.5) is 0 Å². The molecule has 1 unspecified atom stereocenters. The van der Waals surface area contributed by atoms with Crippen LogP contribution < -0.4 is 4.74 Å². The van der Waals surface area contributed by atoms with Gasteiger partial charge in [-0.1, -0.05) is 12.1 Å². The summed E-state index contributed by atoms with van der Waals surface area (Å²) in [5.41, 5.74) is 1.03. The Hall–Kier alpha value is -1.26. The largest absolute Gasteiger partial charge is 0.497 e. The summed E-state index contributed by atoms with van der Waals surface area (Å²) >= 11 is 5.74. The third-order valence-electron chi connectivity index (χ3n) is 3.83. The van der Waals surface area contributed by atoms with Crippen LogP contribution in [0.2, 0.25) is 0 Å². The summed E-state index contributed by atoms with van der Waals surface area (Å²) in [7, 11) is 3.34. The van der Waals surface area contributed by atoms with Crippen molar-refractivity contribution in [1.82, 2.24) is 4.90 Å². The minimum absolute atomic E-state index is 0.00886. The van der Waals surface area contributed by atoms with Crippen LogP contribution >= 0.6 is 11.6 Å². The van der Waals surface area contributed by atoms with E-state index in [1.165, 1.54) is 12.8 Å². The molecule has 0 aromatic heterocycles. The van der Waals surface area contributed by atoms with Gasteiger partial charge in [0, 0.05) is 20.2 Å². The summed E-state index contributed by atoms with van der Waals surface area (Å²) in [5.74, 6) is 1.29. The van der Waals surface area contributed by atoms with Gasteiger partial charge in [0.25, 0.3) is 0 Å². The molecule has 1 aromatic rings. The van der Waals surface area contributed by atoms with Crippen molar-refractivity contribution in [2.45, 2.75) is 25.5 Å². The van der Waals surface area contributed by atoms with Gasteiger partial charge in [0.2, 0.25) is 5.91 Å². The van der Waals surface area contributed by atoms with E-state index in [1.807, 2.05) is 24.3 Å². The second-order valence-electron chi connectivity index (χ2n) is 5.37. The molecule has 0 N–H and O–H groups in total. The number of hydrogen-bond donors (Lipinski definition) is 0. The van der Waals surface area contributed by atoms with Crippen molar-refractivity contribution in [2.75, 3.05) is 26.6 Å². The van der Waals surface area contributed by atoms with Crippen molar-refractivity contribution in [3.8, 4) is 5.75 Å². The summed E-state index contributed by atoms with van der Waals surface area (Å²) in [6, 6.07) is 7.73. The van der Waals surface area contributed by atoms with E-state index >= 15 is 0 Å². The molecule has 21 heavy (non-hydrogen) atoms. The van der Waals surface area contributed by atoms with Crippen molar-refractivity contribution in [1.29, 1.82) is 0 Å². The first-order chi connectivity index (χ1) is 10.2. The molecule has 116 valence electrons. The zero-order valence-electron chi connectivity index (χ0n) is 12.5. The maximum absolute atomic E-state index is 12.1. The van der Waals surface area contributed by atoms with Crippen LogP contribution in [0.1, 0.15) is 18.4 Å². The summed E-state index contributed by atoms with van der Waals surface area (Å²) in [6.45, 7) is 1.11. The first-order valence-corrected chi connectivity index (χ1v) is 7.70. The first kappa shape index (κ1) is 16.1. The van der Waals surface area contributed by atoms with E-state index in [4.69, 9.17) is 21.1 Å². The van der Waals surface area contributed by atoms with E-state index in [2.05, 4.69) is 0 Å². The lowest BCUT2D eigenvalue weighted by Crippen LogP contribution is -2.39. The lowest BCUT2D eigenvalue weighted by atomic mass is 10.1. The summed E-state index contributed by atoms with van der Waals surface area (Å²) < 4.78 is 10.7. The van der Waals surface area contributed by atoms with Gasteiger partial charge in [-0.25, -0.2) is 0 Å². The fourth-order valence-corrected chi connectivity index (χ4v) is 2.60. The lowest BCUT2D eigenvalue weighted by molar-refractivity contribution is -0.131. The van der Waals surface area contributed by atoms with E-state index in [9.17, 15) is 4.79 Å². The SMILES string of the molecule is COc1cccc(CN(CC(OC)C2CC2)C(=O)CCl)c1. The molecule has 0 saturated heterocycles. The van der Waals surface area contributed by atoms with Gasteiger partial charge in [0.05, 0.1) is 13.2 Å². The Morgan fingerprint density at radius 2 is 2.19 bits per heavy atom. The minimum atomic E-state index is -0.0674. The van der Waals surface area contributed by atoms with Crippen molar-refractivity contribution >= 4 is 17.5 Å². The van der Waals surface area contributed by atoms with Crippen LogP contribution in [-0.2, 0) is 16.1 Å². The Balaban J connectivity index is 2.06. The number of rotatable bonds is 8. The number of amides is 1. The molecule has 0 heterocycles. The molecule has 4 nitrogen and oxygen atoms in total. The van der Waals surface area contributed by atoms with E-state index in [0.717, 1.165) is 11.3 Å². The molecule has 1 aromatic carbocycles. The smallest absolute Gasteiger partial charge is 0.237 e. The number of halogens is 1. The Morgan fingerprint density at radius 3 is 2.76 bits per heavy atom. The van der Waals surface area contributed by atoms with Gasteiger partial charge < -0.3 is 14.4 Å². The number of ether oxygens (including phenoxy) is 2. The minimum Gasteiger partial charge on any atom is -0.497 e. The zero-order valence-corrected chi connectivity index (χ0v) is 13.3. The van der Waals surface area contributed by atoms with E-state index in [1.54, 1.807) is 19.1 Å². The van der Waals surface area contributed by atoms with Crippen LogP contribution in [-0.4, -0.2) is 43.6 Å². The third-order valence-corrected chi connectivity index (χ3v) is 4.05. The van der Waals surface area contributed by atoms with Crippen molar-refractivity contribution < 1.29 is 14.3 Å². The second-order valence-corrected chi connectivity index (χ2v) is 5.64. The standard InChI is InChI=1S/C16H22ClNO3/c1-20-14-5-3-4-12(8-14)10-18(16(19)9-17)11-15(21-2)13-6-7-13/h3-5,8,13,15H,6-7,9-11H2,1-2H3. The third kappa shape index (κ3) is 4.61. The monoisotopic (exact) mass is 311 g/mol. The average Bonchev–Trinajstić information content (AvgIpc) is 3.35. The molecular weight excluding hydrogens is 290 g/mol. The molecule has 1 saturated carbocycles. The predicted octanol–water partition coefficient (Wildman–Crippen LogP) is 2.69. The van der Waals surface area contributed by atoms with Crippen LogP contribution in [0, 0.1) is 5.92 Å². The summed E-state index contributed by atoms with van der Waals surface area (Å²) in [4.78, 5) is 13.8. The van der Waals surface area contributed by atoms with Gasteiger partial charge in [0.15, 0.2) is 0 Å². The van der Waals surface area contributed by atoms with Crippen LogP contribution in [0.25, 0.3) is 0 Å². The molecule has 1 aliphatic rings. The molecular formula is C16H22ClNO3. The van der Waals surface area contributed by atoms with Gasteiger partial charge in [-0.3, -0.25) is 4.79 Å². The number of carbonyl (C=O) groups is 1. The summed E-state index contributed by atoms with van der Waals surface area (Å²) in [5, 5.41) is 0. The van der Waals surface area contributed by atoms with Gasteiger partial charge in [-0.15, -0.1) is 11.6 Å². The number of carbonyl (C=O) groups excluding carboxylic acids is 1. The average molecular weight is 312 g/mol. The van der Waals surface area contributed by atoms with Crippen molar-refractivity contribution in [2.24, 2.45) is 5.92 Å². The van der Waals surface area contributed by atoms with Crippen molar-refractivity contribution in [3.05, 3.63) is 29.8 Å². The highest BCUT2D eigenvalue weighted by molar-refractivity contribution is 6.27. The fourth-order valence-electron chi connectivity index (χ4n) is 2.43. The molecule has 0 aliphatic heterocycles. The molecule has 1 atom stereocenters. The normalized spacial score (nSPS) is 15.6. The van der Waals surface area contributed by atoms with Crippen LogP contribution in [0.5, 0.6) is 5.75 Å². The van der Waals surface area contributed by atoms with Crippen molar-refractivity contribution in [3.63, 3.8) is 0 Å². The maximum Gasteiger partial charge on any atom is 0.237 e. The Kier molecular flexibility index (Phi) is 5.88. The lowest BCUT2D eigenvalue weighted by Gasteiger charge is -2.26. The molecule has 2 rings (SSSR count). The molecule has 5 heteroatoms. The second kappa shape index (κ2) is 7.66. The number of methoxy groups -OCH3 is 2. The van der Waals surface area contributed by atoms with E-state index < -0.39 is 0 Å². The fraction of sp³-hybridized carbons (Fsp3) is 0.562. The van der Waals surface area contributed by atoms with E-state index in [0.29, 0.717) is 19.0 Å². The Morgan fingerprint density at radius 1 is 1.43 bits per heavy atom. The van der Waals surface area contributed by atoms with Crippen LogP contribution in [0.3, 0.4) is 0 Å². The quantitative estimate of drug-likeness (QED) is 0.693. The molecule has 1 aliphatic carbocycles. The molecule has 1 fully saturated rings. The van der Waals surface area contributed by atoms with Gasteiger partial charge in [0.1, 0.15) is 11.6 Å². The number of benzene rings is 1. The maximum atomic E-state index is 12.1. The molecule has 0 spiro atoms. The highest BCUT2D eigenvalue weighted by Crippen LogP contribution is 2.34. The first-order valence-electron chi connectivity index (χ1n) is 7.17. The summed E-state index contributed by atoms with van der Waals surface area (Å²) in [6.07, 6.45) is 2.46. The molecule has 1 amide bonds. The molecule has 0 radical (unpaired) electrons. The van der Waals surface area contributed by atoms with Gasteiger partial charge >= 0.3 is 0 Å². The number of nitrogens with zero attached hydrogens (tertiary/aromatic N) is 1. The number of hydrogen-bond acceptors (Lipinski definition) is 3. The topological polar surface area (TPSA) is 38.8 Å². The Labute approximate surface area is 131 Å². The zero-order chi connectivity index (χ0) is 15.2.